The number of hydrogen-bond acceptors (Lipinski definition) is 3. The molecule has 1 rings (SSSR count). The summed E-state index contributed by atoms with van der Waals surface area (Å²) in [4.78, 5) is 25.6. The van der Waals surface area contributed by atoms with Crippen LogP contribution in [-0.4, -0.2) is 29.1 Å². The smallest absolute Gasteiger partial charge is 0.262 e. The van der Waals surface area contributed by atoms with Gasteiger partial charge in [0.2, 0.25) is 5.91 Å². The molecule has 5 nitrogen and oxygen atoms in total. The summed E-state index contributed by atoms with van der Waals surface area (Å²) in [5.41, 5.74) is 1.00. The van der Waals surface area contributed by atoms with Gasteiger partial charge in [0.05, 0.1) is 17.5 Å². The van der Waals surface area contributed by atoms with E-state index in [1.54, 1.807) is 6.92 Å². The third-order valence-electron chi connectivity index (χ3n) is 2.16. The van der Waals surface area contributed by atoms with E-state index >= 15 is 0 Å². The molecular formula is C10H12Br2N2O3. The molecule has 1 aromatic rings. The number of aliphatic hydroxyl groups is 1. The fourth-order valence-corrected chi connectivity index (χ4v) is 2.28. The number of pyridine rings is 1. The average molecular weight is 368 g/mol. The molecule has 7 heteroatoms. The largest absolute Gasteiger partial charge is 0.395 e. The molecule has 0 unspecified atom stereocenters. The van der Waals surface area contributed by atoms with Gasteiger partial charge in [0.15, 0.2) is 0 Å². The number of carbonyl (C=O) groups excluding carboxylic acids is 1. The first-order valence-electron chi connectivity index (χ1n) is 4.91. The monoisotopic (exact) mass is 366 g/mol. The van der Waals surface area contributed by atoms with Crippen molar-refractivity contribution < 1.29 is 9.90 Å². The zero-order valence-electron chi connectivity index (χ0n) is 9.14. The first-order valence-corrected chi connectivity index (χ1v) is 6.50. The quantitative estimate of drug-likeness (QED) is 0.738. The van der Waals surface area contributed by atoms with E-state index in [0.717, 1.165) is 5.56 Å². The number of H-pyrrole nitrogens is 1. The maximum atomic E-state index is 11.5. The minimum Gasteiger partial charge on any atom is -0.395 e. The summed E-state index contributed by atoms with van der Waals surface area (Å²) in [6.45, 7) is 1.87. The molecular weight excluding hydrogens is 356 g/mol. The van der Waals surface area contributed by atoms with Gasteiger partial charge in [-0.3, -0.25) is 9.59 Å². The summed E-state index contributed by atoms with van der Waals surface area (Å²) in [5, 5.41) is 11.1. The van der Waals surface area contributed by atoms with Crippen LogP contribution in [0.5, 0.6) is 0 Å². The van der Waals surface area contributed by atoms with Crippen molar-refractivity contribution in [3.8, 4) is 0 Å². The predicted molar refractivity (Wildman–Crippen MR) is 71.0 cm³/mol. The minimum absolute atomic E-state index is 0.0595. The van der Waals surface area contributed by atoms with Gasteiger partial charge in [0.1, 0.15) is 0 Å². The molecule has 1 amide bonds. The second kappa shape index (κ2) is 6.32. The Bertz CT molecular complexity index is 485. The molecule has 0 aromatic carbocycles. The molecule has 0 aliphatic heterocycles. The van der Waals surface area contributed by atoms with Crippen LogP contribution in [0.1, 0.15) is 11.3 Å². The Morgan fingerprint density at radius 3 is 2.65 bits per heavy atom. The van der Waals surface area contributed by atoms with Gasteiger partial charge in [-0.2, -0.15) is 0 Å². The summed E-state index contributed by atoms with van der Waals surface area (Å²) in [6.07, 6.45) is 0.0595. The Morgan fingerprint density at radius 1 is 1.41 bits per heavy atom. The lowest BCUT2D eigenvalue weighted by Gasteiger charge is -2.08. The van der Waals surface area contributed by atoms with E-state index in [1.807, 2.05) is 0 Å². The highest BCUT2D eigenvalue weighted by atomic mass is 79.9. The molecule has 3 N–H and O–H groups in total. The van der Waals surface area contributed by atoms with Gasteiger partial charge in [-0.25, -0.2) is 0 Å². The number of rotatable bonds is 4. The molecule has 17 heavy (non-hydrogen) atoms. The highest BCUT2D eigenvalue weighted by molar-refractivity contribution is 9.11. The number of hydrogen-bond donors (Lipinski definition) is 3. The summed E-state index contributed by atoms with van der Waals surface area (Å²) in [7, 11) is 0. The Morgan fingerprint density at radius 2 is 2.06 bits per heavy atom. The lowest BCUT2D eigenvalue weighted by atomic mass is 10.2. The van der Waals surface area contributed by atoms with E-state index < -0.39 is 0 Å². The van der Waals surface area contributed by atoms with Crippen molar-refractivity contribution in [2.45, 2.75) is 13.3 Å². The highest BCUT2D eigenvalue weighted by Gasteiger charge is 2.13. The van der Waals surface area contributed by atoms with Gasteiger partial charge in [-0.15, -0.1) is 0 Å². The molecule has 94 valence electrons. The highest BCUT2D eigenvalue weighted by Crippen LogP contribution is 2.23. The second-order valence-electron chi connectivity index (χ2n) is 3.44. The van der Waals surface area contributed by atoms with Crippen molar-refractivity contribution in [3.63, 3.8) is 0 Å². The van der Waals surface area contributed by atoms with E-state index in [0.29, 0.717) is 14.6 Å². The Balaban J connectivity index is 2.93. The third-order valence-corrected chi connectivity index (χ3v) is 4.19. The van der Waals surface area contributed by atoms with Gasteiger partial charge in [-0.05, 0) is 44.3 Å². The molecule has 1 heterocycles. The van der Waals surface area contributed by atoms with Crippen LogP contribution >= 0.6 is 31.9 Å². The fourth-order valence-electron chi connectivity index (χ4n) is 1.28. The average Bonchev–Trinajstić information content (AvgIpc) is 2.30. The number of carbonyl (C=O) groups is 1. The van der Waals surface area contributed by atoms with Crippen molar-refractivity contribution in [1.82, 2.24) is 10.3 Å². The van der Waals surface area contributed by atoms with E-state index in [9.17, 15) is 9.59 Å². The van der Waals surface area contributed by atoms with Crippen molar-refractivity contribution in [1.29, 1.82) is 0 Å². The standard InChI is InChI=1S/C10H12Br2N2O3/c1-5-8(11)6(14-10(17)9(5)12)4-7(16)13-2-3-15/h15H,2-4H2,1H3,(H,13,16)(H,14,17). The zero-order chi connectivity index (χ0) is 13.0. The molecule has 0 fully saturated rings. The number of nitrogens with one attached hydrogen (secondary N) is 2. The number of halogens is 2. The Kier molecular flexibility index (Phi) is 5.35. The lowest BCUT2D eigenvalue weighted by molar-refractivity contribution is -0.120. The van der Waals surface area contributed by atoms with Crippen LogP contribution in [0.4, 0.5) is 0 Å². The number of aliphatic hydroxyl groups excluding tert-OH is 1. The molecule has 1 aromatic heterocycles. The van der Waals surface area contributed by atoms with Gasteiger partial charge in [0, 0.05) is 16.7 Å². The van der Waals surface area contributed by atoms with Crippen LogP contribution in [0.2, 0.25) is 0 Å². The Hall–Kier alpha value is -0.660. The third kappa shape index (κ3) is 3.65. The van der Waals surface area contributed by atoms with E-state index in [-0.39, 0.29) is 31.0 Å². The summed E-state index contributed by atoms with van der Waals surface area (Å²) in [6, 6.07) is 0. The van der Waals surface area contributed by atoms with Gasteiger partial charge >= 0.3 is 0 Å². The Labute approximate surface area is 115 Å². The zero-order valence-corrected chi connectivity index (χ0v) is 12.3. The van der Waals surface area contributed by atoms with Gasteiger partial charge in [0.25, 0.3) is 5.56 Å². The molecule has 0 radical (unpaired) electrons. The molecule has 0 spiro atoms. The summed E-state index contributed by atoms with van der Waals surface area (Å²) < 4.78 is 1.15. The van der Waals surface area contributed by atoms with Crippen LogP contribution in [0.15, 0.2) is 13.7 Å². The van der Waals surface area contributed by atoms with E-state index in [4.69, 9.17) is 5.11 Å². The van der Waals surface area contributed by atoms with Gasteiger partial charge < -0.3 is 15.4 Å². The lowest BCUT2D eigenvalue weighted by Crippen LogP contribution is -2.29. The first-order chi connectivity index (χ1) is 7.97. The topological polar surface area (TPSA) is 82.2 Å². The van der Waals surface area contributed by atoms with E-state index in [2.05, 4.69) is 42.2 Å². The molecule has 0 aliphatic rings. The number of amides is 1. The molecule has 0 saturated carbocycles. The molecule has 0 atom stereocenters. The number of aromatic amines is 1. The normalized spacial score (nSPS) is 10.4. The minimum atomic E-state index is -0.268. The van der Waals surface area contributed by atoms with Crippen LogP contribution < -0.4 is 10.9 Å². The summed E-state index contributed by atoms with van der Waals surface area (Å²) in [5.74, 6) is -0.253. The van der Waals surface area contributed by atoms with Crippen LogP contribution in [0, 0.1) is 6.92 Å². The second-order valence-corrected chi connectivity index (χ2v) is 5.02. The number of aromatic nitrogens is 1. The predicted octanol–water partition coefficient (Wildman–Crippen LogP) is 0.859. The SMILES string of the molecule is Cc1c(Br)c(CC(=O)NCCO)[nH]c(=O)c1Br. The van der Waals surface area contributed by atoms with Crippen LogP contribution in [-0.2, 0) is 11.2 Å². The van der Waals surface area contributed by atoms with E-state index in [1.165, 1.54) is 0 Å². The van der Waals surface area contributed by atoms with Crippen molar-refractivity contribution in [2.75, 3.05) is 13.2 Å². The first kappa shape index (κ1) is 14.4. The van der Waals surface area contributed by atoms with Crippen LogP contribution in [0.3, 0.4) is 0 Å². The fraction of sp³-hybridized carbons (Fsp3) is 0.400. The van der Waals surface area contributed by atoms with Crippen molar-refractivity contribution >= 4 is 37.8 Å². The molecule has 0 saturated heterocycles. The maximum absolute atomic E-state index is 11.5. The van der Waals surface area contributed by atoms with Crippen molar-refractivity contribution in [2.24, 2.45) is 0 Å². The summed E-state index contributed by atoms with van der Waals surface area (Å²) >= 11 is 6.50. The maximum Gasteiger partial charge on any atom is 0.262 e. The molecule has 0 aliphatic carbocycles. The van der Waals surface area contributed by atoms with Crippen molar-refractivity contribution in [3.05, 3.63) is 30.6 Å². The van der Waals surface area contributed by atoms with Crippen LogP contribution in [0.25, 0.3) is 0 Å². The molecule has 0 bridgehead atoms. The van der Waals surface area contributed by atoms with Gasteiger partial charge in [-0.1, -0.05) is 0 Å².